The third-order valence-electron chi connectivity index (χ3n) is 0.970. The lowest BCUT2D eigenvalue weighted by Crippen LogP contribution is -2.25. The molecule has 0 bridgehead atoms. The molecular weight excluding hydrogens is 189 g/mol. The molecule has 0 radical (unpaired) electrons. The number of hydrogen-bond donors (Lipinski definition) is 2. The minimum atomic E-state index is -0.346. The zero-order valence-corrected chi connectivity index (χ0v) is 8.60. The number of rotatable bonds is 4. The Bertz CT molecular complexity index is 55.8. The van der Waals surface area contributed by atoms with Crippen LogP contribution in [0.5, 0.6) is 0 Å². The molecule has 0 saturated heterocycles. The van der Waals surface area contributed by atoms with E-state index in [2.05, 4.69) is 12.2 Å². The summed E-state index contributed by atoms with van der Waals surface area (Å²) in [6, 6.07) is 0. The van der Waals surface area contributed by atoms with Crippen LogP contribution in [0.15, 0.2) is 0 Å². The molecule has 0 aromatic rings. The molecule has 11 heavy (non-hydrogen) atoms. The lowest BCUT2D eigenvalue weighted by Gasteiger charge is -2.04. The van der Waals surface area contributed by atoms with Crippen molar-refractivity contribution in [2.75, 3.05) is 6.54 Å². The molecule has 0 aliphatic rings. The van der Waals surface area contributed by atoms with Gasteiger partial charge in [0.05, 0.1) is 0 Å². The number of nitrogens with one attached hydrogen (secondary N) is 1. The number of hydrogen-bond acceptors (Lipinski definition) is 2. The predicted octanol–water partition coefficient (Wildman–Crippen LogP) is 0.733. The van der Waals surface area contributed by atoms with Crippen molar-refractivity contribution in [3.63, 3.8) is 0 Å². The second kappa shape index (κ2) is 16.8. The molecule has 3 nitrogen and oxygen atoms in total. The summed E-state index contributed by atoms with van der Waals surface area (Å²) >= 11 is 0. The molecule has 1 atom stereocenters. The highest BCUT2D eigenvalue weighted by molar-refractivity contribution is 5.85. The number of aliphatic hydroxyl groups is 1. The van der Waals surface area contributed by atoms with Crippen LogP contribution in [0, 0.1) is 0 Å². The topological polar surface area (TPSA) is 63.8 Å². The van der Waals surface area contributed by atoms with E-state index in [-0.39, 0.29) is 36.5 Å². The molecule has 0 spiro atoms. The second-order valence-corrected chi connectivity index (χ2v) is 1.98. The van der Waals surface area contributed by atoms with Crippen LogP contribution in [0.3, 0.4) is 0 Å². The third-order valence-corrected chi connectivity index (χ3v) is 0.970. The molecule has 4 N–H and O–H groups in total. The van der Waals surface area contributed by atoms with Gasteiger partial charge < -0.3 is 10.6 Å². The summed E-state index contributed by atoms with van der Waals surface area (Å²) in [6.45, 7) is 4.79. The molecule has 0 aromatic heterocycles. The van der Waals surface area contributed by atoms with Crippen LogP contribution < -0.4 is 5.32 Å². The molecule has 0 amide bonds. The standard InChI is InChI=1S/C6H15NO.2ClH.H2O/c1-3-4-5-7-6(2)8;;;/h6-8H,3-5H2,1-2H3;2*1H;1H2. The molecule has 5 heteroatoms. The molecule has 0 rings (SSSR count). The number of aliphatic hydroxyl groups excluding tert-OH is 1. The Morgan fingerprint density at radius 2 is 1.82 bits per heavy atom. The summed E-state index contributed by atoms with van der Waals surface area (Å²) < 4.78 is 0. The second-order valence-electron chi connectivity index (χ2n) is 1.98. The van der Waals surface area contributed by atoms with Crippen LogP contribution in [0.25, 0.3) is 0 Å². The average molecular weight is 208 g/mol. The quantitative estimate of drug-likeness (QED) is 0.528. The summed E-state index contributed by atoms with van der Waals surface area (Å²) in [6.07, 6.45) is 1.98. The number of unbranched alkanes of at least 4 members (excludes halogenated alkanes) is 1. The van der Waals surface area contributed by atoms with Gasteiger partial charge in [-0.3, -0.25) is 5.32 Å². The highest BCUT2D eigenvalue weighted by Crippen LogP contribution is 1.82. The maximum Gasteiger partial charge on any atom is 0.102 e. The molecule has 0 aromatic carbocycles. The lowest BCUT2D eigenvalue weighted by molar-refractivity contribution is 0.156. The summed E-state index contributed by atoms with van der Waals surface area (Å²) in [5.41, 5.74) is 0. The molecular formula is C6H19Cl2NO2. The van der Waals surface area contributed by atoms with Crippen molar-refractivity contribution in [2.24, 2.45) is 0 Å². The maximum atomic E-state index is 8.67. The van der Waals surface area contributed by atoms with E-state index in [1.807, 2.05) is 0 Å². The zero-order valence-electron chi connectivity index (χ0n) is 6.96. The molecule has 1 unspecified atom stereocenters. The van der Waals surface area contributed by atoms with E-state index in [0.29, 0.717) is 0 Å². The highest BCUT2D eigenvalue weighted by Gasteiger charge is 1.88. The Labute approximate surface area is 80.7 Å². The van der Waals surface area contributed by atoms with E-state index in [1.165, 1.54) is 6.42 Å². The van der Waals surface area contributed by atoms with Gasteiger partial charge >= 0.3 is 0 Å². The summed E-state index contributed by atoms with van der Waals surface area (Å²) in [5.74, 6) is 0. The fourth-order valence-electron chi connectivity index (χ4n) is 0.488. The van der Waals surface area contributed by atoms with Gasteiger partial charge in [-0.25, -0.2) is 0 Å². The van der Waals surface area contributed by atoms with Crippen LogP contribution in [0.4, 0.5) is 0 Å². The van der Waals surface area contributed by atoms with Crippen molar-refractivity contribution in [1.29, 1.82) is 0 Å². The van der Waals surface area contributed by atoms with Crippen LogP contribution >= 0.6 is 24.8 Å². The molecule has 74 valence electrons. The van der Waals surface area contributed by atoms with E-state index in [4.69, 9.17) is 5.11 Å². The van der Waals surface area contributed by atoms with Gasteiger partial charge in [-0.2, -0.15) is 0 Å². The van der Waals surface area contributed by atoms with Gasteiger partial charge in [0.2, 0.25) is 0 Å². The minimum Gasteiger partial charge on any atom is -0.412 e. The monoisotopic (exact) mass is 207 g/mol. The maximum absolute atomic E-state index is 8.67. The summed E-state index contributed by atoms with van der Waals surface area (Å²) in [5, 5.41) is 11.6. The minimum absolute atomic E-state index is 0. The zero-order chi connectivity index (χ0) is 6.41. The van der Waals surface area contributed by atoms with Crippen molar-refractivity contribution >= 4 is 24.8 Å². The van der Waals surface area contributed by atoms with Crippen LogP contribution in [-0.4, -0.2) is 23.4 Å². The van der Waals surface area contributed by atoms with Crippen molar-refractivity contribution < 1.29 is 10.6 Å². The Kier molecular flexibility index (Phi) is 34.5. The van der Waals surface area contributed by atoms with Gasteiger partial charge in [0, 0.05) is 0 Å². The molecule has 0 heterocycles. The largest absolute Gasteiger partial charge is 0.412 e. The van der Waals surface area contributed by atoms with Crippen LogP contribution in [0.1, 0.15) is 26.7 Å². The molecule has 0 fully saturated rings. The SMILES string of the molecule is CCCCNC(C)O.Cl.Cl.O. The van der Waals surface area contributed by atoms with Crippen LogP contribution in [-0.2, 0) is 0 Å². The van der Waals surface area contributed by atoms with Gasteiger partial charge in [-0.1, -0.05) is 13.3 Å². The average Bonchev–Trinajstić information content (AvgIpc) is 1.66. The predicted molar refractivity (Wildman–Crippen MR) is 52.7 cm³/mol. The first-order valence-electron chi connectivity index (χ1n) is 3.18. The summed E-state index contributed by atoms with van der Waals surface area (Å²) in [4.78, 5) is 0. The molecule has 0 aliphatic carbocycles. The van der Waals surface area contributed by atoms with E-state index in [9.17, 15) is 0 Å². The Morgan fingerprint density at radius 3 is 2.09 bits per heavy atom. The Hall–Kier alpha value is 0.460. The van der Waals surface area contributed by atoms with E-state index < -0.39 is 0 Å². The summed E-state index contributed by atoms with van der Waals surface area (Å²) in [7, 11) is 0. The lowest BCUT2D eigenvalue weighted by atomic mass is 10.3. The fraction of sp³-hybridized carbons (Fsp3) is 1.00. The van der Waals surface area contributed by atoms with Gasteiger partial charge in [0.1, 0.15) is 6.23 Å². The first-order valence-corrected chi connectivity index (χ1v) is 3.18. The number of halogens is 2. The van der Waals surface area contributed by atoms with Gasteiger partial charge in [-0.15, -0.1) is 24.8 Å². The van der Waals surface area contributed by atoms with Crippen molar-refractivity contribution in [3.8, 4) is 0 Å². The third kappa shape index (κ3) is 25.1. The van der Waals surface area contributed by atoms with Gasteiger partial charge in [0.15, 0.2) is 0 Å². The molecule has 0 saturated carbocycles. The van der Waals surface area contributed by atoms with Crippen LogP contribution in [0.2, 0.25) is 0 Å². The fourth-order valence-corrected chi connectivity index (χ4v) is 0.488. The van der Waals surface area contributed by atoms with Crippen molar-refractivity contribution in [3.05, 3.63) is 0 Å². The van der Waals surface area contributed by atoms with E-state index >= 15 is 0 Å². The Morgan fingerprint density at radius 1 is 1.36 bits per heavy atom. The normalized spacial score (nSPS) is 10.1. The molecule has 0 aliphatic heterocycles. The van der Waals surface area contributed by atoms with Gasteiger partial charge in [0.25, 0.3) is 0 Å². The van der Waals surface area contributed by atoms with Crippen molar-refractivity contribution in [1.82, 2.24) is 5.32 Å². The van der Waals surface area contributed by atoms with E-state index in [0.717, 1.165) is 13.0 Å². The highest BCUT2D eigenvalue weighted by atomic mass is 35.5. The van der Waals surface area contributed by atoms with Gasteiger partial charge in [-0.05, 0) is 19.9 Å². The smallest absolute Gasteiger partial charge is 0.102 e. The Balaban J connectivity index is -0.0000000817. The first kappa shape index (κ1) is 22.5. The van der Waals surface area contributed by atoms with E-state index in [1.54, 1.807) is 6.92 Å². The van der Waals surface area contributed by atoms with Crippen molar-refractivity contribution in [2.45, 2.75) is 32.9 Å². The first-order chi connectivity index (χ1) is 3.77.